The number of ether oxygens (including phenoxy) is 3. The smallest absolute Gasteiger partial charge is 0.186 e. The van der Waals surface area contributed by atoms with Crippen molar-refractivity contribution in [3.63, 3.8) is 0 Å². The van der Waals surface area contributed by atoms with Crippen LogP contribution in [0.1, 0.15) is 0 Å². The second kappa shape index (κ2) is 15.5. The zero-order valence-corrected chi connectivity index (χ0v) is 25.0. The molecule has 232 valence electrons. The summed E-state index contributed by atoms with van der Waals surface area (Å²) in [6, 6.07) is 10.0. The number of morpholine rings is 3. The molecular weight excluding hydrogens is 548 g/mol. The summed E-state index contributed by atoms with van der Waals surface area (Å²) in [5.41, 5.74) is 2.17. The van der Waals surface area contributed by atoms with E-state index in [2.05, 4.69) is 30.7 Å². The predicted molar refractivity (Wildman–Crippen MR) is 168 cm³/mol. The molecule has 2 aromatic heterocycles. The molecule has 0 amide bonds. The minimum Gasteiger partial charge on any atom is -0.379 e. The van der Waals surface area contributed by atoms with Crippen LogP contribution in [0.2, 0.25) is 0 Å². The molecular formula is C30H44N10O3. The molecule has 0 atom stereocenters. The van der Waals surface area contributed by atoms with E-state index in [0.29, 0.717) is 28.6 Å². The number of hydrogen-bond donors (Lipinski definition) is 3. The summed E-state index contributed by atoms with van der Waals surface area (Å²) >= 11 is 0. The van der Waals surface area contributed by atoms with Gasteiger partial charge in [-0.2, -0.15) is 0 Å². The zero-order chi connectivity index (χ0) is 29.1. The normalized spacial score (nSPS) is 19.0. The molecule has 0 unspecified atom stereocenters. The van der Waals surface area contributed by atoms with E-state index in [1.807, 2.05) is 30.3 Å². The Morgan fingerprint density at radius 1 is 0.535 bits per heavy atom. The summed E-state index contributed by atoms with van der Waals surface area (Å²) in [7, 11) is 0. The monoisotopic (exact) mass is 592 g/mol. The lowest BCUT2D eigenvalue weighted by molar-refractivity contribution is 0.0397. The Morgan fingerprint density at radius 2 is 1.00 bits per heavy atom. The van der Waals surface area contributed by atoms with Gasteiger partial charge in [0.05, 0.1) is 39.6 Å². The van der Waals surface area contributed by atoms with Crippen molar-refractivity contribution in [3.05, 3.63) is 30.3 Å². The number of fused-ring (bicyclic) bond motifs is 1. The molecule has 0 radical (unpaired) electrons. The zero-order valence-electron chi connectivity index (χ0n) is 25.0. The molecule has 3 aliphatic rings. The van der Waals surface area contributed by atoms with Crippen LogP contribution in [0.3, 0.4) is 0 Å². The summed E-state index contributed by atoms with van der Waals surface area (Å²) in [6.07, 6.45) is 0. The fourth-order valence-corrected chi connectivity index (χ4v) is 5.51. The first-order valence-electron chi connectivity index (χ1n) is 15.6. The Kier molecular flexibility index (Phi) is 10.8. The Morgan fingerprint density at radius 3 is 1.51 bits per heavy atom. The molecule has 3 fully saturated rings. The first-order chi connectivity index (χ1) is 21.3. The maximum absolute atomic E-state index is 5.52. The van der Waals surface area contributed by atoms with Gasteiger partial charge in [0, 0.05) is 84.1 Å². The van der Waals surface area contributed by atoms with Gasteiger partial charge in [-0.1, -0.05) is 30.3 Å². The van der Waals surface area contributed by atoms with Crippen molar-refractivity contribution in [1.29, 1.82) is 0 Å². The topological polar surface area (TPSA) is 125 Å². The fourth-order valence-electron chi connectivity index (χ4n) is 5.51. The van der Waals surface area contributed by atoms with Crippen molar-refractivity contribution in [2.24, 2.45) is 0 Å². The Balaban J connectivity index is 1.25. The van der Waals surface area contributed by atoms with Crippen molar-refractivity contribution in [2.75, 3.05) is 134 Å². The molecule has 3 aliphatic heterocycles. The Labute approximate surface area is 253 Å². The third kappa shape index (κ3) is 8.46. The van der Waals surface area contributed by atoms with Crippen LogP contribution in [0.4, 0.5) is 17.5 Å². The first-order valence-corrected chi connectivity index (χ1v) is 15.6. The molecule has 3 saturated heterocycles. The van der Waals surface area contributed by atoms with E-state index >= 15 is 0 Å². The third-order valence-electron chi connectivity index (χ3n) is 8.04. The van der Waals surface area contributed by atoms with E-state index < -0.39 is 0 Å². The molecule has 13 heteroatoms. The molecule has 1 aromatic carbocycles. The summed E-state index contributed by atoms with van der Waals surface area (Å²) in [4.78, 5) is 27.2. The lowest BCUT2D eigenvalue weighted by Gasteiger charge is -2.27. The highest BCUT2D eigenvalue weighted by Crippen LogP contribution is 2.27. The average molecular weight is 593 g/mol. The summed E-state index contributed by atoms with van der Waals surface area (Å²) in [5.74, 6) is 2.75. The highest BCUT2D eigenvalue weighted by molar-refractivity contribution is 5.87. The van der Waals surface area contributed by atoms with Crippen LogP contribution in [0, 0.1) is 0 Å². The minimum atomic E-state index is 0.565. The molecule has 0 aliphatic carbocycles. The van der Waals surface area contributed by atoms with Crippen molar-refractivity contribution in [2.45, 2.75) is 0 Å². The van der Waals surface area contributed by atoms with Crippen LogP contribution >= 0.6 is 0 Å². The van der Waals surface area contributed by atoms with Crippen molar-refractivity contribution in [1.82, 2.24) is 34.6 Å². The number of nitrogens with zero attached hydrogens (tertiary/aromatic N) is 7. The number of hydrogen-bond acceptors (Lipinski definition) is 13. The van der Waals surface area contributed by atoms with Gasteiger partial charge in [0.1, 0.15) is 0 Å². The van der Waals surface area contributed by atoms with E-state index in [4.69, 9.17) is 34.1 Å². The highest BCUT2D eigenvalue weighted by atomic mass is 16.5. The van der Waals surface area contributed by atoms with Gasteiger partial charge in [0.2, 0.25) is 0 Å². The number of benzene rings is 1. The molecule has 43 heavy (non-hydrogen) atoms. The second-order valence-electron chi connectivity index (χ2n) is 11.0. The molecule has 6 rings (SSSR count). The van der Waals surface area contributed by atoms with Crippen LogP contribution in [-0.4, -0.2) is 153 Å². The maximum atomic E-state index is 5.52. The van der Waals surface area contributed by atoms with Crippen molar-refractivity contribution >= 4 is 28.6 Å². The van der Waals surface area contributed by atoms with Gasteiger partial charge in [0.25, 0.3) is 0 Å². The van der Waals surface area contributed by atoms with E-state index in [9.17, 15) is 0 Å². The summed E-state index contributed by atoms with van der Waals surface area (Å²) in [6.45, 7) is 15.3. The van der Waals surface area contributed by atoms with Gasteiger partial charge in [-0.05, 0) is 0 Å². The van der Waals surface area contributed by atoms with Gasteiger partial charge in [-0.15, -0.1) is 0 Å². The molecule has 0 saturated carbocycles. The number of aromatic nitrogens is 4. The van der Waals surface area contributed by atoms with E-state index in [0.717, 1.165) is 130 Å². The van der Waals surface area contributed by atoms with E-state index in [-0.39, 0.29) is 0 Å². The van der Waals surface area contributed by atoms with E-state index in [1.165, 1.54) is 0 Å². The van der Waals surface area contributed by atoms with Crippen molar-refractivity contribution < 1.29 is 14.2 Å². The van der Waals surface area contributed by atoms with Gasteiger partial charge < -0.3 is 30.2 Å². The summed E-state index contributed by atoms with van der Waals surface area (Å²) < 4.78 is 16.5. The fraction of sp³-hybridized carbons (Fsp3) is 0.600. The minimum absolute atomic E-state index is 0.565. The van der Waals surface area contributed by atoms with Gasteiger partial charge in [0.15, 0.2) is 34.4 Å². The SMILES string of the molecule is c1ccc(-c2nc(NCCN3CCOCC3)c3nc(NCCN4CCOCC4)c(NCCN4CCOCC4)nc3n2)cc1. The predicted octanol–water partition coefficient (Wildman–Crippen LogP) is 1.32. The molecule has 3 N–H and O–H groups in total. The van der Waals surface area contributed by atoms with Crippen LogP contribution in [-0.2, 0) is 14.2 Å². The maximum Gasteiger partial charge on any atom is 0.186 e. The Bertz CT molecular complexity index is 1280. The number of rotatable bonds is 13. The average Bonchev–Trinajstić information content (AvgIpc) is 3.07. The first kappa shape index (κ1) is 29.9. The Hall–Kier alpha value is -3.20. The highest BCUT2D eigenvalue weighted by Gasteiger charge is 2.19. The van der Waals surface area contributed by atoms with Gasteiger partial charge in [-0.25, -0.2) is 19.9 Å². The quantitative estimate of drug-likeness (QED) is 0.265. The van der Waals surface area contributed by atoms with Gasteiger partial charge >= 0.3 is 0 Å². The van der Waals surface area contributed by atoms with E-state index in [1.54, 1.807) is 0 Å². The van der Waals surface area contributed by atoms with Crippen LogP contribution in [0.5, 0.6) is 0 Å². The molecule has 3 aromatic rings. The largest absolute Gasteiger partial charge is 0.379 e. The number of nitrogens with one attached hydrogen (secondary N) is 3. The lowest BCUT2D eigenvalue weighted by Crippen LogP contribution is -2.39. The lowest BCUT2D eigenvalue weighted by atomic mass is 10.2. The second-order valence-corrected chi connectivity index (χ2v) is 11.0. The molecule has 0 spiro atoms. The van der Waals surface area contributed by atoms with Crippen LogP contribution in [0.25, 0.3) is 22.6 Å². The third-order valence-corrected chi connectivity index (χ3v) is 8.04. The standard InChI is InChI=1S/C30H44N10O3/c1-2-4-24(5-3-1)26-35-27(31-6-9-38-12-18-41-19-13-38)25-28(36-26)37-30(33-8-11-40-16-22-43-23-17-40)29(34-25)32-7-10-39-14-20-42-21-15-39/h1-5H,6-23H2,(H,32,34)(H2,31,33,35,36,37). The van der Waals surface area contributed by atoms with Crippen LogP contribution in [0.15, 0.2) is 30.3 Å². The van der Waals surface area contributed by atoms with Crippen LogP contribution < -0.4 is 16.0 Å². The number of anilines is 3. The van der Waals surface area contributed by atoms with Gasteiger partial charge in [-0.3, -0.25) is 14.7 Å². The summed E-state index contributed by atoms with van der Waals surface area (Å²) in [5, 5.41) is 10.7. The van der Waals surface area contributed by atoms with Crippen molar-refractivity contribution in [3.8, 4) is 11.4 Å². The molecule has 5 heterocycles. The molecule has 13 nitrogen and oxygen atoms in total. The molecule has 0 bridgehead atoms.